The summed E-state index contributed by atoms with van der Waals surface area (Å²) < 4.78 is 32.3. The van der Waals surface area contributed by atoms with Gasteiger partial charge in [0.25, 0.3) is 5.91 Å². The van der Waals surface area contributed by atoms with Crippen molar-refractivity contribution in [2.24, 2.45) is 5.92 Å². The van der Waals surface area contributed by atoms with E-state index in [9.17, 15) is 23.1 Å². The van der Waals surface area contributed by atoms with Crippen LogP contribution in [-0.2, 0) is 19.6 Å². The molecule has 1 heterocycles. The second-order valence-corrected chi connectivity index (χ2v) is 8.90. The molecule has 27 heavy (non-hydrogen) atoms. The lowest BCUT2D eigenvalue weighted by Gasteiger charge is -2.27. The summed E-state index contributed by atoms with van der Waals surface area (Å²) in [5, 5.41) is 11.8. The van der Waals surface area contributed by atoms with Crippen LogP contribution in [0, 0.1) is 12.8 Å². The first-order valence-electron chi connectivity index (χ1n) is 8.85. The molecule has 1 aromatic rings. The van der Waals surface area contributed by atoms with E-state index < -0.39 is 27.9 Å². The van der Waals surface area contributed by atoms with Crippen LogP contribution in [0.15, 0.2) is 23.1 Å². The van der Waals surface area contributed by atoms with Crippen LogP contribution in [0.25, 0.3) is 0 Å². The number of aryl methyl sites for hydroxylation is 1. The van der Waals surface area contributed by atoms with Crippen LogP contribution in [0.3, 0.4) is 0 Å². The highest BCUT2D eigenvalue weighted by atomic mass is 32.2. The van der Waals surface area contributed by atoms with Gasteiger partial charge in [-0.15, -0.1) is 0 Å². The molecule has 0 saturated carbocycles. The number of ether oxygens (including phenoxy) is 1. The van der Waals surface area contributed by atoms with Gasteiger partial charge in [0, 0.05) is 18.7 Å². The molecule has 1 aliphatic rings. The second-order valence-electron chi connectivity index (χ2n) is 6.99. The molecule has 0 radical (unpaired) electrons. The van der Waals surface area contributed by atoms with Gasteiger partial charge in [-0.2, -0.15) is 4.31 Å². The molecule has 0 unspecified atom stereocenters. The Labute approximate surface area is 159 Å². The van der Waals surface area contributed by atoms with Gasteiger partial charge < -0.3 is 15.2 Å². The highest BCUT2D eigenvalue weighted by Gasteiger charge is 2.29. The molecule has 1 amide bonds. The SMILES string of the molecule is Cc1ccc(C(=O)N[C@@H](CC(C)C)C(=O)O)cc1S(=O)(=O)N1CCOCC1. The monoisotopic (exact) mass is 398 g/mol. The molecular weight excluding hydrogens is 372 g/mol. The van der Waals surface area contributed by atoms with E-state index in [4.69, 9.17) is 4.74 Å². The molecule has 1 atom stereocenters. The molecule has 1 fully saturated rings. The standard InChI is InChI=1S/C18H26N2O6S/c1-12(2)10-15(18(22)23)19-17(21)14-5-4-13(3)16(11-14)27(24,25)20-6-8-26-9-7-20/h4-5,11-12,15H,6-10H2,1-3H3,(H,19,21)(H,22,23)/t15-/m0/s1. The zero-order valence-electron chi connectivity index (χ0n) is 15.8. The largest absolute Gasteiger partial charge is 0.480 e. The van der Waals surface area contributed by atoms with Gasteiger partial charge in [-0.1, -0.05) is 19.9 Å². The van der Waals surface area contributed by atoms with E-state index >= 15 is 0 Å². The number of hydrogen-bond donors (Lipinski definition) is 2. The molecule has 0 spiro atoms. The zero-order chi connectivity index (χ0) is 20.2. The van der Waals surface area contributed by atoms with E-state index in [-0.39, 0.29) is 35.9 Å². The summed E-state index contributed by atoms with van der Waals surface area (Å²) in [5.41, 5.74) is 0.637. The van der Waals surface area contributed by atoms with Crippen molar-refractivity contribution >= 4 is 21.9 Å². The average Bonchev–Trinajstić information content (AvgIpc) is 2.61. The van der Waals surface area contributed by atoms with Gasteiger partial charge in [-0.3, -0.25) is 4.79 Å². The third-order valence-corrected chi connectivity index (χ3v) is 6.39. The summed E-state index contributed by atoms with van der Waals surface area (Å²) in [6.07, 6.45) is 0.284. The quantitative estimate of drug-likeness (QED) is 0.715. The number of benzene rings is 1. The highest BCUT2D eigenvalue weighted by Crippen LogP contribution is 2.22. The predicted octanol–water partition coefficient (Wildman–Crippen LogP) is 1.25. The number of morpholine rings is 1. The van der Waals surface area contributed by atoms with Crippen molar-refractivity contribution in [1.82, 2.24) is 9.62 Å². The van der Waals surface area contributed by atoms with Crippen molar-refractivity contribution in [3.05, 3.63) is 29.3 Å². The Bertz CT molecular complexity index is 800. The number of carboxylic acid groups (broad SMARTS) is 1. The number of amides is 1. The first-order valence-corrected chi connectivity index (χ1v) is 10.3. The van der Waals surface area contributed by atoms with Gasteiger partial charge in [0.2, 0.25) is 10.0 Å². The summed E-state index contributed by atoms with van der Waals surface area (Å²) in [7, 11) is -3.76. The van der Waals surface area contributed by atoms with Crippen LogP contribution < -0.4 is 5.32 Å². The topological polar surface area (TPSA) is 113 Å². The number of rotatable bonds is 7. The fourth-order valence-electron chi connectivity index (χ4n) is 2.88. The fourth-order valence-corrected chi connectivity index (χ4v) is 4.54. The number of aliphatic carboxylic acids is 1. The Hall–Kier alpha value is -1.97. The number of carbonyl (C=O) groups excluding carboxylic acids is 1. The van der Waals surface area contributed by atoms with Crippen LogP contribution in [0.2, 0.25) is 0 Å². The van der Waals surface area contributed by atoms with Crippen LogP contribution >= 0.6 is 0 Å². The van der Waals surface area contributed by atoms with Crippen LogP contribution in [-0.4, -0.2) is 62.1 Å². The maximum atomic E-state index is 12.9. The number of carbonyl (C=O) groups is 2. The molecular formula is C18H26N2O6S. The van der Waals surface area contributed by atoms with E-state index in [1.54, 1.807) is 13.0 Å². The number of nitrogens with one attached hydrogen (secondary N) is 1. The van der Waals surface area contributed by atoms with E-state index in [0.29, 0.717) is 18.8 Å². The van der Waals surface area contributed by atoms with Crippen molar-refractivity contribution in [2.75, 3.05) is 26.3 Å². The molecule has 2 N–H and O–H groups in total. The van der Waals surface area contributed by atoms with E-state index in [1.807, 2.05) is 13.8 Å². The Morgan fingerprint density at radius 2 is 1.89 bits per heavy atom. The first kappa shape index (κ1) is 21.3. The molecule has 0 bridgehead atoms. The minimum absolute atomic E-state index is 0.0489. The Morgan fingerprint density at radius 3 is 2.44 bits per heavy atom. The molecule has 1 saturated heterocycles. The van der Waals surface area contributed by atoms with Crippen LogP contribution in [0.4, 0.5) is 0 Å². The Balaban J connectivity index is 2.28. The van der Waals surface area contributed by atoms with Gasteiger partial charge >= 0.3 is 5.97 Å². The molecule has 150 valence electrons. The van der Waals surface area contributed by atoms with Crippen molar-refractivity contribution in [3.8, 4) is 0 Å². The van der Waals surface area contributed by atoms with Gasteiger partial charge in [-0.05, 0) is 37.0 Å². The van der Waals surface area contributed by atoms with Gasteiger partial charge in [-0.25, -0.2) is 13.2 Å². The van der Waals surface area contributed by atoms with Gasteiger partial charge in [0.05, 0.1) is 18.1 Å². The lowest BCUT2D eigenvalue weighted by molar-refractivity contribution is -0.139. The van der Waals surface area contributed by atoms with E-state index in [2.05, 4.69) is 5.32 Å². The maximum absolute atomic E-state index is 12.9. The minimum atomic E-state index is -3.76. The third-order valence-electron chi connectivity index (χ3n) is 4.35. The summed E-state index contributed by atoms with van der Waals surface area (Å²) in [6, 6.07) is 3.33. The molecule has 0 aromatic heterocycles. The number of carboxylic acids is 1. The van der Waals surface area contributed by atoms with Crippen molar-refractivity contribution in [2.45, 2.75) is 38.1 Å². The van der Waals surface area contributed by atoms with Crippen molar-refractivity contribution in [3.63, 3.8) is 0 Å². The Morgan fingerprint density at radius 1 is 1.26 bits per heavy atom. The number of sulfonamides is 1. The average molecular weight is 398 g/mol. The highest BCUT2D eigenvalue weighted by molar-refractivity contribution is 7.89. The summed E-state index contributed by atoms with van der Waals surface area (Å²) >= 11 is 0. The second kappa shape index (κ2) is 8.81. The fraction of sp³-hybridized carbons (Fsp3) is 0.556. The minimum Gasteiger partial charge on any atom is -0.480 e. The van der Waals surface area contributed by atoms with Crippen LogP contribution in [0.5, 0.6) is 0 Å². The normalized spacial score (nSPS) is 16.9. The number of hydrogen-bond acceptors (Lipinski definition) is 5. The van der Waals surface area contributed by atoms with Gasteiger partial charge in [0.15, 0.2) is 0 Å². The molecule has 2 rings (SSSR count). The smallest absolute Gasteiger partial charge is 0.326 e. The van der Waals surface area contributed by atoms with Crippen molar-refractivity contribution < 1.29 is 27.9 Å². The summed E-state index contributed by atoms with van der Waals surface area (Å²) in [4.78, 5) is 23.9. The third kappa shape index (κ3) is 5.27. The lowest BCUT2D eigenvalue weighted by atomic mass is 10.0. The predicted molar refractivity (Wildman–Crippen MR) is 99.1 cm³/mol. The molecule has 8 nitrogen and oxygen atoms in total. The lowest BCUT2D eigenvalue weighted by Crippen LogP contribution is -2.42. The van der Waals surface area contributed by atoms with Crippen LogP contribution in [0.1, 0.15) is 36.2 Å². The first-order chi connectivity index (χ1) is 12.6. The summed E-state index contributed by atoms with van der Waals surface area (Å²) in [5.74, 6) is -1.64. The maximum Gasteiger partial charge on any atom is 0.326 e. The summed E-state index contributed by atoms with van der Waals surface area (Å²) in [6.45, 7) is 6.55. The molecule has 1 aliphatic heterocycles. The molecule has 1 aromatic carbocycles. The molecule has 0 aliphatic carbocycles. The van der Waals surface area contributed by atoms with E-state index in [0.717, 1.165) is 0 Å². The van der Waals surface area contributed by atoms with Gasteiger partial charge in [0.1, 0.15) is 6.04 Å². The Kier molecular flexibility index (Phi) is 6.96. The van der Waals surface area contributed by atoms with E-state index in [1.165, 1.54) is 16.4 Å². The number of nitrogens with zero attached hydrogens (tertiary/aromatic N) is 1. The van der Waals surface area contributed by atoms with Crippen molar-refractivity contribution in [1.29, 1.82) is 0 Å². The zero-order valence-corrected chi connectivity index (χ0v) is 16.6. The molecule has 9 heteroatoms.